The first-order valence-corrected chi connectivity index (χ1v) is 19.3. The third kappa shape index (κ3) is 17.8. The summed E-state index contributed by atoms with van der Waals surface area (Å²) < 4.78 is 64.7. The number of amides is 2. The first-order chi connectivity index (χ1) is 30.1. The van der Waals surface area contributed by atoms with Crippen LogP contribution < -0.4 is 10.6 Å². The Kier molecular flexibility index (Phi) is 19.9. The van der Waals surface area contributed by atoms with Gasteiger partial charge in [0, 0.05) is 67.5 Å². The van der Waals surface area contributed by atoms with Crippen LogP contribution in [0, 0.1) is 0 Å². The number of carbonyl (C=O) groups is 11. The van der Waals surface area contributed by atoms with Crippen LogP contribution in [0.25, 0.3) is 0 Å². The minimum atomic E-state index is -2.03. The second kappa shape index (κ2) is 24.0. The van der Waals surface area contributed by atoms with Crippen molar-refractivity contribution in [1.29, 1.82) is 0 Å². The summed E-state index contributed by atoms with van der Waals surface area (Å²) in [5, 5.41) is 4.80. The number of nitrogens with one attached hydrogen (secondary N) is 2. The predicted octanol–water partition coefficient (Wildman–Crippen LogP) is 0.294. The van der Waals surface area contributed by atoms with E-state index in [0.717, 1.165) is 74.7 Å². The Bertz CT molecular complexity index is 1980. The lowest BCUT2D eigenvalue weighted by molar-refractivity contribution is -0.190. The van der Waals surface area contributed by atoms with E-state index in [9.17, 15) is 52.7 Å². The van der Waals surface area contributed by atoms with Crippen molar-refractivity contribution in [2.24, 2.45) is 0 Å². The largest absolute Gasteiger partial charge is 0.478 e. The van der Waals surface area contributed by atoms with Gasteiger partial charge in [-0.2, -0.15) is 0 Å². The standard InChI is InChI=1S/C40H52N2O23/c1-17(43)55-15-29(59-21(5)47)33(61-23(7)49)35-31(26(58-20(4)46)14-28(64-35)38(52)54-12)41-37(51)27-13-25(57-19(3)45)32(42-39(53)65-40(9,10)11)36(63-27)34(62-24(8)50)30(60-22(6)48)16-56-18(2)44/h13-14,25-26,29-30,32-34,36H,15-16H2,1-12H3,(H,41,51)(H,42,53)/t25-,26-,29+,30+,32+,33-,34+,36+/m0/s1. The zero-order valence-corrected chi connectivity index (χ0v) is 37.6. The summed E-state index contributed by atoms with van der Waals surface area (Å²) in [6, 6.07) is -1.68. The Balaban J connectivity index is 3.06. The first kappa shape index (κ1) is 53.9. The van der Waals surface area contributed by atoms with Gasteiger partial charge in [0.1, 0.15) is 36.7 Å². The van der Waals surface area contributed by atoms with E-state index in [1.54, 1.807) is 0 Å². The van der Waals surface area contributed by atoms with Crippen LogP contribution in [-0.2, 0) is 105 Å². The van der Waals surface area contributed by atoms with Gasteiger partial charge in [0.15, 0.2) is 42.0 Å². The minimum absolute atomic E-state index is 0.660. The van der Waals surface area contributed by atoms with Crippen LogP contribution in [0.2, 0.25) is 0 Å². The fourth-order valence-corrected chi connectivity index (χ4v) is 5.81. The highest BCUT2D eigenvalue weighted by Gasteiger charge is 2.50. The van der Waals surface area contributed by atoms with Gasteiger partial charge in [0.2, 0.25) is 11.9 Å². The summed E-state index contributed by atoms with van der Waals surface area (Å²) in [4.78, 5) is 140. The maximum Gasteiger partial charge on any atom is 0.408 e. The highest BCUT2D eigenvalue weighted by molar-refractivity contribution is 5.94. The van der Waals surface area contributed by atoms with Crippen LogP contribution in [0.15, 0.2) is 35.1 Å². The molecule has 0 saturated carbocycles. The van der Waals surface area contributed by atoms with E-state index in [-0.39, 0.29) is 0 Å². The molecular formula is C40H52N2O23. The molecule has 25 nitrogen and oxygen atoms in total. The van der Waals surface area contributed by atoms with Gasteiger partial charge in [-0.1, -0.05) is 0 Å². The molecule has 2 aliphatic rings. The number of hydrogen-bond donors (Lipinski definition) is 2. The average Bonchev–Trinajstić information content (AvgIpc) is 3.15. The number of esters is 9. The molecule has 0 bridgehead atoms. The Hall–Kier alpha value is -7.21. The highest BCUT2D eigenvalue weighted by atomic mass is 16.6. The number of hydrogen-bond acceptors (Lipinski definition) is 23. The second-order valence-electron chi connectivity index (χ2n) is 14.8. The van der Waals surface area contributed by atoms with Gasteiger partial charge < -0.3 is 67.5 Å². The maximum atomic E-state index is 14.6. The van der Waals surface area contributed by atoms with Crippen molar-refractivity contribution in [2.45, 2.75) is 131 Å². The molecule has 2 amide bonds. The second-order valence-corrected chi connectivity index (χ2v) is 14.8. The zero-order chi connectivity index (χ0) is 49.5. The Labute approximate surface area is 371 Å². The Morgan fingerprint density at radius 2 is 1.17 bits per heavy atom. The van der Waals surface area contributed by atoms with Crippen LogP contribution in [0.5, 0.6) is 0 Å². The van der Waals surface area contributed by atoms with Crippen molar-refractivity contribution in [3.63, 3.8) is 0 Å². The predicted molar refractivity (Wildman–Crippen MR) is 209 cm³/mol. The summed E-state index contributed by atoms with van der Waals surface area (Å²) >= 11 is 0. The van der Waals surface area contributed by atoms with Crippen LogP contribution >= 0.6 is 0 Å². The molecule has 2 aliphatic heterocycles. The number of rotatable bonds is 18. The third-order valence-electron chi connectivity index (χ3n) is 7.91. The van der Waals surface area contributed by atoms with Crippen molar-refractivity contribution in [2.75, 3.05) is 20.3 Å². The Morgan fingerprint density at radius 3 is 1.65 bits per heavy atom. The van der Waals surface area contributed by atoms with Gasteiger partial charge >= 0.3 is 59.8 Å². The van der Waals surface area contributed by atoms with E-state index in [0.29, 0.717) is 0 Å². The molecule has 8 atom stereocenters. The quantitative estimate of drug-likeness (QED) is 0.138. The van der Waals surface area contributed by atoms with Crippen molar-refractivity contribution >= 4 is 65.7 Å². The molecule has 65 heavy (non-hydrogen) atoms. The topological polar surface area (TPSA) is 323 Å². The monoisotopic (exact) mass is 928 g/mol. The van der Waals surface area contributed by atoms with E-state index in [4.69, 9.17) is 56.8 Å². The molecule has 360 valence electrons. The molecule has 0 fully saturated rings. The molecule has 2 rings (SSSR count). The van der Waals surface area contributed by atoms with E-state index in [1.807, 2.05) is 0 Å². The number of carbonyl (C=O) groups excluding carboxylic acids is 11. The molecule has 0 radical (unpaired) electrons. The van der Waals surface area contributed by atoms with E-state index in [2.05, 4.69) is 10.6 Å². The summed E-state index contributed by atoms with van der Waals surface area (Å²) in [7, 11) is 0.953. The lowest BCUT2D eigenvalue weighted by atomic mass is 9.93. The molecule has 25 heteroatoms. The molecule has 2 N–H and O–H groups in total. The lowest BCUT2D eigenvalue weighted by Crippen LogP contribution is -2.62. The third-order valence-corrected chi connectivity index (χ3v) is 7.91. The first-order valence-electron chi connectivity index (χ1n) is 19.3. The van der Waals surface area contributed by atoms with Crippen molar-refractivity contribution < 1.29 is 110 Å². The van der Waals surface area contributed by atoms with E-state index >= 15 is 0 Å². The fraction of sp³-hybridized carbons (Fsp3) is 0.575. The average molecular weight is 929 g/mol. The molecule has 2 heterocycles. The fourth-order valence-electron chi connectivity index (χ4n) is 5.81. The highest BCUT2D eigenvalue weighted by Crippen LogP contribution is 2.33. The van der Waals surface area contributed by atoms with Gasteiger partial charge in [-0.3, -0.25) is 43.2 Å². The van der Waals surface area contributed by atoms with Gasteiger partial charge in [-0.05, 0) is 20.8 Å². The van der Waals surface area contributed by atoms with Crippen molar-refractivity contribution in [3.8, 4) is 0 Å². The minimum Gasteiger partial charge on any atom is -0.478 e. The lowest BCUT2D eigenvalue weighted by Gasteiger charge is -2.41. The molecule has 0 spiro atoms. The summed E-state index contributed by atoms with van der Waals surface area (Å²) in [6.07, 6.45) is -12.4. The molecule has 0 aromatic rings. The molecule has 0 aliphatic carbocycles. The summed E-state index contributed by atoms with van der Waals surface area (Å²) in [5.41, 5.74) is -1.78. The molecule has 0 aromatic carbocycles. The van der Waals surface area contributed by atoms with Crippen LogP contribution in [-0.4, -0.2) is 140 Å². The van der Waals surface area contributed by atoms with Gasteiger partial charge in [-0.15, -0.1) is 0 Å². The zero-order valence-electron chi connectivity index (χ0n) is 37.6. The SMILES string of the molecule is COC(=O)C1=C[C@H](OC(C)=O)C(NC(=O)C2=C[C@H](OC(C)=O)[C@@H](NC(=O)OC(C)(C)C)[C@H]([C@H](OC(C)=O)[C@@H](COC(C)=O)OC(C)=O)O2)=C([C@@H](OC(C)=O)[C@@H](COC(C)=O)OC(C)=O)O1. The van der Waals surface area contributed by atoms with Gasteiger partial charge in [0.25, 0.3) is 5.91 Å². The molecule has 0 unspecified atom stereocenters. The Morgan fingerprint density at radius 1 is 0.646 bits per heavy atom. The van der Waals surface area contributed by atoms with E-state index in [1.165, 1.54) is 20.8 Å². The van der Waals surface area contributed by atoms with Crippen LogP contribution in [0.1, 0.15) is 76.2 Å². The maximum absolute atomic E-state index is 14.6. The number of methoxy groups -OCH3 is 1. The molecule has 0 aromatic heterocycles. The van der Waals surface area contributed by atoms with Gasteiger partial charge in [-0.25, -0.2) is 9.59 Å². The summed E-state index contributed by atoms with van der Waals surface area (Å²) in [6.45, 7) is 10.6. The van der Waals surface area contributed by atoms with Gasteiger partial charge in [0.05, 0.1) is 7.11 Å². The summed E-state index contributed by atoms with van der Waals surface area (Å²) in [5.74, 6) is -12.9. The number of alkyl carbamates (subject to hydrolysis) is 1. The molecule has 0 saturated heterocycles. The van der Waals surface area contributed by atoms with E-state index < -0.39 is 156 Å². The van der Waals surface area contributed by atoms with Crippen molar-refractivity contribution in [1.82, 2.24) is 10.6 Å². The van der Waals surface area contributed by atoms with Crippen LogP contribution in [0.4, 0.5) is 4.79 Å². The normalized spacial score (nSPS) is 19.7. The molecular weight excluding hydrogens is 876 g/mol. The van der Waals surface area contributed by atoms with Crippen LogP contribution in [0.3, 0.4) is 0 Å². The smallest absolute Gasteiger partial charge is 0.408 e. The number of ether oxygens (including phenoxy) is 12. The van der Waals surface area contributed by atoms with Crippen molar-refractivity contribution in [3.05, 3.63) is 35.1 Å².